The maximum Gasteiger partial charge on any atom is 0.243 e. The van der Waals surface area contributed by atoms with Gasteiger partial charge in [-0.3, -0.25) is 13.8 Å². The largest absolute Gasteiger partial charge is 0.345 e. The van der Waals surface area contributed by atoms with E-state index >= 15 is 0 Å². The van der Waals surface area contributed by atoms with E-state index in [0.29, 0.717) is 17.9 Å². The molecule has 2 rings (SSSR count). The highest BCUT2D eigenvalue weighted by Gasteiger charge is 2.38. The fourth-order valence-electron chi connectivity index (χ4n) is 2.57. The van der Waals surface area contributed by atoms with Gasteiger partial charge in [-0.25, -0.2) is 0 Å². The van der Waals surface area contributed by atoms with Crippen molar-refractivity contribution in [3.63, 3.8) is 0 Å². The van der Waals surface area contributed by atoms with Crippen LogP contribution in [0, 0.1) is 0 Å². The topological polar surface area (TPSA) is 66.5 Å². The number of nitrogens with zero attached hydrogens (tertiary/aromatic N) is 1. The van der Waals surface area contributed by atoms with Crippen LogP contribution in [0.1, 0.15) is 26.2 Å². The third-order valence-corrected chi connectivity index (χ3v) is 4.86. The molecule has 0 spiro atoms. The van der Waals surface area contributed by atoms with Gasteiger partial charge in [0.15, 0.2) is 0 Å². The molecule has 5 nitrogen and oxygen atoms in total. The summed E-state index contributed by atoms with van der Waals surface area (Å²) in [5.74, 6) is 1.23. The molecule has 1 atom stereocenters. The van der Waals surface area contributed by atoms with E-state index in [4.69, 9.17) is 0 Å². The number of carbonyl (C=O) groups excluding carboxylic acids is 2. The van der Waals surface area contributed by atoms with Gasteiger partial charge in [0.2, 0.25) is 11.8 Å². The maximum absolute atomic E-state index is 11.9. The van der Waals surface area contributed by atoms with Crippen LogP contribution in [0.5, 0.6) is 0 Å². The maximum atomic E-state index is 11.9. The lowest BCUT2D eigenvalue weighted by molar-refractivity contribution is -0.148. The molecule has 0 saturated carbocycles. The molecule has 2 heterocycles. The zero-order chi connectivity index (χ0) is 12.4. The van der Waals surface area contributed by atoms with Gasteiger partial charge in [0.1, 0.15) is 6.04 Å². The van der Waals surface area contributed by atoms with Gasteiger partial charge in [0, 0.05) is 28.3 Å². The van der Waals surface area contributed by atoms with Gasteiger partial charge in [-0.2, -0.15) is 0 Å². The number of nitrogens with one attached hydrogen (secondary N) is 1. The van der Waals surface area contributed by atoms with E-state index in [-0.39, 0.29) is 30.4 Å². The highest BCUT2D eigenvalue weighted by atomic mass is 32.2. The molecule has 2 saturated heterocycles. The number of rotatable bonds is 2. The standard InChI is InChI=1S/C11H18N2O3S/c1-2-9-11(15)12-7-10(14)13(9)8-3-5-17(16)6-4-8/h8-9H,2-7H2,1H3,(H,12,15). The van der Waals surface area contributed by atoms with Crippen LogP contribution in [0.4, 0.5) is 0 Å². The zero-order valence-corrected chi connectivity index (χ0v) is 10.8. The molecule has 2 fully saturated rings. The molecule has 17 heavy (non-hydrogen) atoms. The van der Waals surface area contributed by atoms with E-state index in [9.17, 15) is 13.8 Å². The molecular formula is C11H18N2O3S. The van der Waals surface area contributed by atoms with E-state index in [1.165, 1.54) is 0 Å². The molecular weight excluding hydrogens is 240 g/mol. The smallest absolute Gasteiger partial charge is 0.243 e. The minimum atomic E-state index is -0.737. The quantitative estimate of drug-likeness (QED) is 0.735. The summed E-state index contributed by atoms with van der Waals surface area (Å²) in [7, 11) is -0.737. The van der Waals surface area contributed by atoms with Gasteiger partial charge in [0.05, 0.1) is 6.54 Å². The Hall–Kier alpha value is -0.910. The van der Waals surface area contributed by atoms with Crippen molar-refractivity contribution >= 4 is 22.6 Å². The molecule has 1 N–H and O–H groups in total. The second kappa shape index (κ2) is 5.16. The summed E-state index contributed by atoms with van der Waals surface area (Å²) in [6.07, 6.45) is 2.14. The Morgan fingerprint density at radius 3 is 2.59 bits per heavy atom. The summed E-state index contributed by atoms with van der Waals surface area (Å²) in [6.45, 7) is 2.02. The average molecular weight is 258 g/mol. The second-order valence-corrected chi connectivity index (χ2v) is 6.22. The first-order valence-electron chi connectivity index (χ1n) is 6.07. The lowest BCUT2D eigenvalue weighted by atomic mass is 10.0. The molecule has 0 aromatic carbocycles. The predicted molar refractivity (Wildman–Crippen MR) is 64.8 cm³/mol. The summed E-state index contributed by atoms with van der Waals surface area (Å²) < 4.78 is 11.3. The first-order valence-corrected chi connectivity index (χ1v) is 7.56. The zero-order valence-electron chi connectivity index (χ0n) is 9.98. The Bertz CT molecular complexity index is 349. The summed E-state index contributed by atoms with van der Waals surface area (Å²) >= 11 is 0. The van der Waals surface area contributed by atoms with Crippen molar-refractivity contribution in [2.45, 2.75) is 38.3 Å². The Morgan fingerprint density at radius 2 is 2.00 bits per heavy atom. The minimum absolute atomic E-state index is 0.00543. The molecule has 0 aromatic rings. The third-order valence-electron chi connectivity index (χ3n) is 3.48. The van der Waals surface area contributed by atoms with Crippen molar-refractivity contribution in [2.24, 2.45) is 0 Å². The van der Waals surface area contributed by atoms with Gasteiger partial charge >= 0.3 is 0 Å². The van der Waals surface area contributed by atoms with Crippen molar-refractivity contribution < 1.29 is 13.8 Å². The summed E-state index contributed by atoms with van der Waals surface area (Å²) in [6, 6.07) is -0.246. The monoisotopic (exact) mass is 258 g/mol. The van der Waals surface area contributed by atoms with E-state index in [1.54, 1.807) is 4.90 Å². The molecule has 96 valence electrons. The van der Waals surface area contributed by atoms with Crippen molar-refractivity contribution in [3.8, 4) is 0 Å². The lowest BCUT2D eigenvalue weighted by Gasteiger charge is -2.41. The highest BCUT2D eigenvalue weighted by Crippen LogP contribution is 2.22. The molecule has 2 aliphatic rings. The van der Waals surface area contributed by atoms with Crippen LogP contribution in [0.2, 0.25) is 0 Å². The van der Waals surface area contributed by atoms with Crippen LogP contribution in [0.15, 0.2) is 0 Å². The number of hydrogen-bond donors (Lipinski definition) is 1. The molecule has 2 aliphatic heterocycles. The van der Waals surface area contributed by atoms with Crippen LogP contribution >= 0.6 is 0 Å². The van der Waals surface area contributed by atoms with Gasteiger partial charge in [-0.05, 0) is 19.3 Å². The predicted octanol–water partition coefficient (Wildman–Crippen LogP) is -0.365. The van der Waals surface area contributed by atoms with Crippen LogP contribution in [-0.2, 0) is 20.4 Å². The molecule has 6 heteroatoms. The van der Waals surface area contributed by atoms with Crippen LogP contribution in [-0.4, -0.2) is 51.1 Å². The molecule has 0 bridgehead atoms. The van der Waals surface area contributed by atoms with E-state index in [0.717, 1.165) is 12.8 Å². The van der Waals surface area contributed by atoms with Gasteiger partial charge in [0.25, 0.3) is 0 Å². The van der Waals surface area contributed by atoms with E-state index < -0.39 is 10.8 Å². The van der Waals surface area contributed by atoms with Gasteiger partial charge in [-0.15, -0.1) is 0 Å². The SMILES string of the molecule is CCC1C(=O)NCC(=O)N1C1CCS(=O)CC1. The van der Waals surface area contributed by atoms with Crippen molar-refractivity contribution in [1.82, 2.24) is 10.2 Å². The molecule has 0 aliphatic carbocycles. The highest BCUT2D eigenvalue weighted by molar-refractivity contribution is 7.85. The Kier molecular flexibility index (Phi) is 3.81. The first-order chi connectivity index (χ1) is 8.13. The summed E-state index contributed by atoms with van der Waals surface area (Å²) in [5, 5.41) is 2.62. The normalized spacial score (nSPS) is 34.6. The lowest BCUT2D eigenvalue weighted by Crippen LogP contribution is -2.62. The number of amides is 2. The summed E-state index contributed by atoms with van der Waals surface area (Å²) in [5.41, 5.74) is 0. The minimum Gasteiger partial charge on any atom is -0.345 e. The van der Waals surface area contributed by atoms with Crippen LogP contribution < -0.4 is 5.32 Å². The Labute approximate surface area is 103 Å². The first kappa shape index (κ1) is 12.5. The van der Waals surface area contributed by atoms with Crippen molar-refractivity contribution in [2.75, 3.05) is 18.1 Å². The van der Waals surface area contributed by atoms with E-state index in [1.807, 2.05) is 6.92 Å². The fraction of sp³-hybridized carbons (Fsp3) is 0.818. The van der Waals surface area contributed by atoms with Gasteiger partial charge < -0.3 is 10.2 Å². The van der Waals surface area contributed by atoms with E-state index in [2.05, 4.69) is 5.32 Å². The average Bonchev–Trinajstić information content (AvgIpc) is 2.33. The van der Waals surface area contributed by atoms with Crippen molar-refractivity contribution in [1.29, 1.82) is 0 Å². The Balaban J connectivity index is 2.12. The molecule has 0 aromatic heterocycles. The fourth-order valence-corrected chi connectivity index (χ4v) is 3.85. The molecule has 0 radical (unpaired) electrons. The third kappa shape index (κ3) is 2.51. The number of hydrogen-bond acceptors (Lipinski definition) is 3. The molecule has 2 amide bonds. The Morgan fingerprint density at radius 1 is 1.35 bits per heavy atom. The number of piperazine rings is 1. The van der Waals surface area contributed by atoms with Crippen LogP contribution in [0.25, 0.3) is 0 Å². The molecule has 1 unspecified atom stereocenters. The van der Waals surface area contributed by atoms with Gasteiger partial charge in [-0.1, -0.05) is 6.92 Å². The number of carbonyl (C=O) groups is 2. The van der Waals surface area contributed by atoms with Crippen molar-refractivity contribution in [3.05, 3.63) is 0 Å². The summed E-state index contributed by atoms with van der Waals surface area (Å²) in [4.78, 5) is 25.4. The van der Waals surface area contributed by atoms with Crippen LogP contribution in [0.3, 0.4) is 0 Å². The second-order valence-electron chi connectivity index (χ2n) is 4.52.